The number of benzene rings is 8. The second kappa shape index (κ2) is 11.9. The van der Waals surface area contributed by atoms with Gasteiger partial charge in [-0.2, -0.15) is 0 Å². The average Bonchev–Trinajstić information content (AvgIpc) is 3.52. The molecule has 1 heterocycles. The first kappa shape index (κ1) is 30.9. The molecule has 0 bridgehead atoms. The molecule has 0 saturated carbocycles. The van der Waals surface area contributed by atoms with Gasteiger partial charge < -0.3 is 0 Å². The van der Waals surface area contributed by atoms with Gasteiger partial charge in [0.1, 0.15) is 0 Å². The molecule has 1 unspecified atom stereocenters. The molecule has 254 valence electrons. The maximum absolute atomic E-state index is 5.25. The Morgan fingerprint density at radius 3 is 1.89 bits per heavy atom. The zero-order valence-electron chi connectivity index (χ0n) is 29.9. The summed E-state index contributed by atoms with van der Waals surface area (Å²) in [6, 6.07) is 61.2. The van der Waals surface area contributed by atoms with E-state index in [0.29, 0.717) is 17.5 Å². The molecule has 0 saturated heterocycles. The van der Waals surface area contributed by atoms with E-state index in [1.54, 1.807) is 0 Å². The predicted molar refractivity (Wildman–Crippen MR) is 221 cm³/mol. The van der Waals surface area contributed by atoms with Gasteiger partial charge in [0.15, 0.2) is 17.5 Å². The second-order valence-corrected chi connectivity index (χ2v) is 14.8. The smallest absolute Gasteiger partial charge is 0.164 e. The summed E-state index contributed by atoms with van der Waals surface area (Å²) < 4.78 is 0. The van der Waals surface area contributed by atoms with Crippen LogP contribution in [0.25, 0.3) is 78.0 Å². The van der Waals surface area contributed by atoms with E-state index < -0.39 is 0 Å². The van der Waals surface area contributed by atoms with Crippen molar-refractivity contribution in [3.05, 3.63) is 198 Å². The third-order valence-corrected chi connectivity index (χ3v) is 11.9. The van der Waals surface area contributed by atoms with Crippen LogP contribution in [0.5, 0.6) is 0 Å². The van der Waals surface area contributed by atoms with E-state index in [-0.39, 0.29) is 5.41 Å². The van der Waals surface area contributed by atoms with Gasteiger partial charge in [-0.15, -0.1) is 0 Å². The molecule has 11 rings (SSSR count). The van der Waals surface area contributed by atoms with Crippen molar-refractivity contribution < 1.29 is 0 Å². The summed E-state index contributed by atoms with van der Waals surface area (Å²) in [6.07, 6.45) is 1.93. The van der Waals surface area contributed by atoms with Crippen LogP contribution in [0, 0.1) is 0 Å². The molecule has 2 aliphatic carbocycles. The molecule has 3 nitrogen and oxygen atoms in total. The Bertz CT molecular complexity index is 2950. The lowest BCUT2D eigenvalue weighted by Gasteiger charge is -2.33. The van der Waals surface area contributed by atoms with Gasteiger partial charge in [-0.1, -0.05) is 158 Å². The summed E-state index contributed by atoms with van der Waals surface area (Å²) in [6.45, 7) is 2.42. The van der Waals surface area contributed by atoms with Gasteiger partial charge in [0.2, 0.25) is 0 Å². The van der Waals surface area contributed by atoms with Crippen molar-refractivity contribution in [2.45, 2.75) is 25.2 Å². The molecule has 54 heavy (non-hydrogen) atoms. The summed E-state index contributed by atoms with van der Waals surface area (Å²) in [5.41, 5.74) is 15.1. The van der Waals surface area contributed by atoms with Crippen LogP contribution in [0.4, 0.5) is 0 Å². The zero-order chi connectivity index (χ0) is 35.8. The lowest BCUT2D eigenvalue weighted by molar-refractivity contribution is 0.699. The van der Waals surface area contributed by atoms with E-state index in [9.17, 15) is 0 Å². The van der Waals surface area contributed by atoms with E-state index in [1.165, 1.54) is 66.2 Å². The monoisotopic (exact) mass is 689 g/mol. The van der Waals surface area contributed by atoms with E-state index in [1.807, 2.05) is 18.2 Å². The Hall–Kier alpha value is -6.71. The lowest BCUT2D eigenvalue weighted by Crippen LogP contribution is -2.25. The minimum Gasteiger partial charge on any atom is -0.208 e. The molecule has 1 atom stereocenters. The van der Waals surface area contributed by atoms with Crippen LogP contribution >= 0.6 is 0 Å². The van der Waals surface area contributed by atoms with Gasteiger partial charge in [-0.25, -0.2) is 15.0 Å². The SMILES string of the molecule is CC1(c2ccccc2)c2ccccc2-c2ccc3c(c21)CCc1cc(-c2nc(-c4ccccc4)nc(-c4cc5ccccc5c5ccccc45)n2)ccc1-3. The molecule has 9 aromatic rings. The largest absolute Gasteiger partial charge is 0.208 e. The molecule has 2 aliphatic rings. The summed E-state index contributed by atoms with van der Waals surface area (Å²) >= 11 is 0. The molecular formula is C51H35N3. The molecule has 3 heteroatoms. The average molecular weight is 690 g/mol. The predicted octanol–water partition coefficient (Wildman–Crippen LogP) is 12.3. The molecule has 0 N–H and O–H groups in total. The van der Waals surface area contributed by atoms with Crippen molar-refractivity contribution in [3.8, 4) is 56.4 Å². The highest BCUT2D eigenvalue weighted by Crippen LogP contribution is 2.56. The van der Waals surface area contributed by atoms with Crippen molar-refractivity contribution in [2.75, 3.05) is 0 Å². The highest BCUT2D eigenvalue weighted by atomic mass is 15.0. The summed E-state index contributed by atoms with van der Waals surface area (Å²) in [5.74, 6) is 2.04. The van der Waals surface area contributed by atoms with Crippen LogP contribution in [0.3, 0.4) is 0 Å². The number of hydrogen-bond acceptors (Lipinski definition) is 3. The van der Waals surface area contributed by atoms with E-state index in [2.05, 4.69) is 159 Å². The minimum atomic E-state index is -0.224. The fourth-order valence-electron chi connectivity index (χ4n) is 9.36. The Morgan fingerprint density at radius 2 is 1.06 bits per heavy atom. The van der Waals surface area contributed by atoms with Crippen molar-refractivity contribution in [1.82, 2.24) is 15.0 Å². The van der Waals surface area contributed by atoms with Crippen LogP contribution in [-0.2, 0) is 18.3 Å². The minimum absolute atomic E-state index is 0.224. The number of fused-ring (bicyclic) bond motifs is 10. The Kier molecular flexibility index (Phi) is 6.81. The van der Waals surface area contributed by atoms with Crippen molar-refractivity contribution in [3.63, 3.8) is 0 Å². The fourth-order valence-corrected chi connectivity index (χ4v) is 9.36. The summed E-state index contributed by atoms with van der Waals surface area (Å²) in [7, 11) is 0. The summed E-state index contributed by atoms with van der Waals surface area (Å²) in [4.78, 5) is 15.5. The normalized spacial score (nSPS) is 15.4. The molecule has 1 aromatic heterocycles. The summed E-state index contributed by atoms with van der Waals surface area (Å²) in [5, 5.41) is 4.72. The maximum atomic E-state index is 5.25. The molecule has 0 amide bonds. The number of hydrogen-bond donors (Lipinski definition) is 0. The van der Waals surface area contributed by atoms with Gasteiger partial charge in [0.05, 0.1) is 0 Å². The van der Waals surface area contributed by atoms with Gasteiger partial charge in [-0.05, 0) is 104 Å². The lowest BCUT2D eigenvalue weighted by atomic mass is 9.70. The first-order chi connectivity index (χ1) is 26.6. The fraction of sp³-hybridized carbons (Fsp3) is 0.0784. The van der Waals surface area contributed by atoms with Crippen molar-refractivity contribution in [2.24, 2.45) is 0 Å². The van der Waals surface area contributed by atoms with Crippen LogP contribution in [0.2, 0.25) is 0 Å². The molecule has 0 radical (unpaired) electrons. The highest BCUT2D eigenvalue weighted by Gasteiger charge is 2.43. The Labute approximate surface area is 314 Å². The third-order valence-electron chi connectivity index (χ3n) is 11.9. The molecule has 0 aliphatic heterocycles. The number of rotatable bonds is 4. The third kappa shape index (κ3) is 4.58. The van der Waals surface area contributed by atoms with Crippen LogP contribution < -0.4 is 0 Å². The topological polar surface area (TPSA) is 38.7 Å². The van der Waals surface area contributed by atoms with E-state index >= 15 is 0 Å². The van der Waals surface area contributed by atoms with Crippen LogP contribution in [0.1, 0.15) is 34.7 Å². The van der Waals surface area contributed by atoms with Gasteiger partial charge in [0, 0.05) is 22.1 Å². The van der Waals surface area contributed by atoms with Crippen molar-refractivity contribution in [1.29, 1.82) is 0 Å². The number of nitrogens with zero attached hydrogens (tertiary/aromatic N) is 3. The highest BCUT2D eigenvalue weighted by molar-refractivity contribution is 6.13. The number of aromatic nitrogens is 3. The molecule has 8 aromatic carbocycles. The van der Waals surface area contributed by atoms with Gasteiger partial charge in [0.25, 0.3) is 0 Å². The van der Waals surface area contributed by atoms with E-state index in [0.717, 1.165) is 34.9 Å². The van der Waals surface area contributed by atoms with Crippen LogP contribution in [0.15, 0.2) is 170 Å². The van der Waals surface area contributed by atoms with Gasteiger partial charge in [-0.3, -0.25) is 0 Å². The Balaban J connectivity index is 1.07. The number of aryl methyl sites for hydroxylation is 1. The zero-order valence-corrected chi connectivity index (χ0v) is 29.9. The van der Waals surface area contributed by atoms with Crippen molar-refractivity contribution >= 4 is 21.5 Å². The van der Waals surface area contributed by atoms with E-state index in [4.69, 9.17) is 15.0 Å². The Morgan fingerprint density at radius 1 is 0.426 bits per heavy atom. The van der Waals surface area contributed by atoms with Gasteiger partial charge >= 0.3 is 0 Å². The standard InChI is InChI=1S/C51H35N3/c1-51(36-17-6-3-7-18-36)46-23-13-12-22-42(46)44-29-28-41-38-26-25-35(30-34(38)24-27-43(41)47(44)51)49-52-48(32-14-4-2-5-15-32)53-50(54-49)45-31-33-16-8-9-19-37(33)39-20-10-11-21-40(39)45/h2-23,25-26,28-31H,24,27H2,1H3. The molecular weight excluding hydrogens is 655 g/mol. The molecule has 0 spiro atoms. The maximum Gasteiger partial charge on any atom is 0.164 e. The first-order valence-corrected chi connectivity index (χ1v) is 18.8. The second-order valence-electron chi connectivity index (χ2n) is 14.8. The first-order valence-electron chi connectivity index (χ1n) is 18.8. The molecule has 0 fully saturated rings. The van der Waals surface area contributed by atoms with Crippen LogP contribution in [-0.4, -0.2) is 15.0 Å². The quantitative estimate of drug-likeness (QED) is 0.173.